The fourth-order valence-corrected chi connectivity index (χ4v) is 1.06. The van der Waals surface area contributed by atoms with Gasteiger partial charge in [-0.3, -0.25) is 10.1 Å². The molecule has 0 bridgehead atoms. The Labute approximate surface area is 84.6 Å². The third-order valence-electron chi connectivity index (χ3n) is 1.73. The second kappa shape index (κ2) is 5.23. The molecule has 1 aromatic carbocycles. The molecule has 82 valence electrons. The topological polar surface area (TPSA) is 52.4 Å². The molecular weight excluding hydrogens is 208 g/mol. The van der Waals surface area contributed by atoms with Gasteiger partial charge in [0, 0.05) is 11.3 Å². The van der Waals surface area contributed by atoms with Crippen molar-refractivity contribution in [1.82, 2.24) is 0 Å². The lowest BCUT2D eigenvalue weighted by atomic mass is 10.1. The van der Waals surface area contributed by atoms with Crippen LogP contribution in [0.3, 0.4) is 0 Å². The van der Waals surface area contributed by atoms with E-state index in [-0.39, 0.29) is 18.7 Å². The number of hydrogen-bond donors (Lipinski definition) is 0. The van der Waals surface area contributed by atoms with Gasteiger partial charge >= 0.3 is 6.61 Å². The van der Waals surface area contributed by atoms with Crippen LogP contribution < -0.4 is 4.74 Å². The lowest BCUT2D eigenvalue weighted by Gasteiger charge is -2.04. The minimum absolute atomic E-state index is 0.0508. The molecule has 0 heterocycles. The van der Waals surface area contributed by atoms with Crippen LogP contribution in [0.2, 0.25) is 0 Å². The van der Waals surface area contributed by atoms with E-state index in [9.17, 15) is 18.9 Å². The second-order valence-electron chi connectivity index (χ2n) is 2.83. The zero-order valence-corrected chi connectivity index (χ0v) is 7.73. The van der Waals surface area contributed by atoms with Gasteiger partial charge in [0.25, 0.3) is 0 Å². The first-order valence-corrected chi connectivity index (χ1v) is 4.23. The van der Waals surface area contributed by atoms with Gasteiger partial charge < -0.3 is 4.74 Å². The van der Waals surface area contributed by atoms with Crippen LogP contribution in [-0.2, 0) is 6.42 Å². The van der Waals surface area contributed by atoms with Crippen molar-refractivity contribution in [3.05, 3.63) is 39.9 Å². The maximum Gasteiger partial charge on any atom is 0.387 e. The Morgan fingerprint density at radius 1 is 1.33 bits per heavy atom. The van der Waals surface area contributed by atoms with Crippen molar-refractivity contribution in [1.29, 1.82) is 0 Å². The van der Waals surface area contributed by atoms with Crippen LogP contribution in [0.5, 0.6) is 5.75 Å². The molecular formula is C9H9F2NO3. The van der Waals surface area contributed by atoms with Gasteiger partial charge in [0.05, 0.1) is 0 Å². The Morgan fingerprint density at radius 3 is 2.40 bits per heavy atom. The van der Waals surface area contributed by atoms with Crippen molar-refractivity contribution in [3.63, 3.8) is 0 Å². The Morgan fingerprint density at radius 2 is 1.93 bits per heavy atom. The van der Waals surface area contributed by atoms with Crippen LogP contribution in [-0.4, -0.2) is 18.1 Å². The van der Waals surface area contributed by atoms with Crippen LogP contribution in [0.1, 0.15) is 5.56 Å². The van der Waals surface area contributed by atoms with Gasteiger partial charge in [0.1, 0.15) is 5.75 Å². The average molecular weight is 217 g/mol. The molecule has 0 aliphatic rings. The molecule has 0 unspecified atom stereocenters. The van der Waals surface area contributed by atoms with Gasteiger partial charge in [-0.05, 0) is 17.7 Å². The van der Waals surface area contributed by atoms with E-state index in [1.807, 2.05) is 0 Å². The number of alkyl halides is 2. The van der Waals surface area contributed by atoms with Crippen molar-refractivity contribution in [3.8, 4) is 5.75 Å². The number of benzene rings is 1. The van der Waals surface area contributed by atoms with E-state index < -0.39 is 11.5 Å². The van der Waals surface area contributed by atoms with Crippen LogP contribution in [0.25, 0.3) is 0 Å². The van der Waals surface area contributed by atoms with Crippen molar-refractivity contribution >= 4 is 0 Å². The number of nitro groups is 1. The van der Waals surface area contributed by atoms with Crippen LogP contribution >= 0.6 is 0 Å². The van der Waals surface area contributed by atoms with Crippen LogP contribution in [0.15, 0.2) is 24.3 Å². The lowest BCUT2D eigenvalue weighted by molar-refractivity contribution is -0.479. The van der Waals surface area contributed by atoms with Crippen LogP contribution in [0, 0.1) is 10.1 Å². The van der Waals surface area contributed by atoms with Crippen molar-refractivity contribution in [2.75, 3.05) is 6.54 Å². The molecule has 0 saturated heterocycles. The molecule has 15 heavy (non-hydrogen) atoms. The summed E-state index contributed by atoms with van der Waals surface area (Å²) in [5, 5.41) is 10.1. The molecule has 0 aliphatic heterocycles. The summed E-state index contributed by atoms with van der Waals surface area (Å²) in [6.07, 6.45) is 0.280. The van der Waals surface area contributed by atoms with Crippen molar-refractivity contribution in [2.24, 2.45) is 0 Å². The predicted octanol–water partition coefficient (Wildman–Crippen LogP) is 2.11. The third kappa shape index (κ3) is 4.35. The summed E-state index contributed by atoms with van der Waals surface area (Å²) in [5.74, 6) is 0.0508. The van der Waals surface area contributed by atoms with Crippen molar-refractivity contribution in [2.45, 2.75) is 13.0 Å². The summed E-state index contributed by atoms with van der Waals surface area (Å²) in [5.41, 5.74) is 0.716. The Balaban J connectivity index is 2.52. The predicted molar refractivity (Wildman–Crippen MR) is 48.6 cm³/mol. The number of nitrogens with zero attached hydrogens (tertiary/aromatic N) is 1. The Bertz CT molecular complexity index is 327. The highest BCUT2D eigenvalue weighted by Gasteiger charge is 2.04. The zero-order valence-electron chi connectivity index (χ0n) is 7.73. The maximum atomic E-state index is 11.8. The highest BCUT2D eigenvalue weighted by Crippen LogP contribution is 2.14. The average Bonchev–Trinajstić information content (AvgIpc) is 2.16. The molecule has 0 N–H and O–H groups in total. The SMILES string of the molecule is O=[N+]([O-])CCc1ccc(OC(F)F)cc1. The Kier molecular flexibility index (Phi) is 3.96. The molecule has 0 radical (unpaired) electrons. The monoisotopic (exact) mass is 217 g/mol. The van der Waals surface area contributed by atoms with E-state index >= 15 is 0 Å². The summed E-state index contributed by atoms with van der Waals surface area (Å²) in [6, 6.07) is 5.78. The number of hydrogen-bond acceptors (Lipinski definition) is 3. The lowest BCUT2D eigenvalue weighted by Crippen LogP contribution is -2.04. The highest BCUT2D eigenvalue weighted by molar-refractivity contribution is 5.27. The Hall–Kier alpha value is -1.72. The van der Waals surface area contributed by atoms with Gasteiger partial charge in [0.2, 0.25) is 6.54 Å². The van der Waals surface area contributed by atoms with Gasteiger partial charge in [0.15, 0.2) is 0 Å². The number of rotatable bonds is 5. The van der Waals surface area contributed by atoms with E-state index in [0.717, 1.165) is 0 Å². The first-order chi connectivity index (χ1) is 7.08. The van der Waals surface area contributed by atoms with Crippen molar-refractivity contribution < 1.29 is 18.4 Å². The van der Waals surface area contributed by atoms with E-state index in [0.29, 0.717) is 5.56 Å². The minimum Gasteiger partial charge on any atom is -0.435 e. The summed E-state index contributed by atoms with van der Waals surface area (Å²) in [6.45, 7) is -3.02. The molecule has 4 nitrogen and oxygen atoms in total. The summed E-state index contributed by atoms with van der Waals surface area (Å²) >= 11 is 0. The van der Waals surface area contributed by atoms with E-state index in [1.165, 1.54) is 24.3 Å². The first kappa shape index (κ1) is 11.4. The fourth-order valence-electron chi connectivity index (χ4n) is 1.06. The molecule has 0 aromatic heterocycles. The molecule has 0 aliphatic carbocycles. The van der Waals surface area contributed by atoms with Gasteiger partial charge in [-0.15, -0.1) is 0 Å². The van der Waals surface area contributed by atoms with Gasteiger partial charge in [-0.25, -0.2) is 0 Å². The molecule has 0 spiro atoms. The minimum atomic E-state index is -2.85. The normalized spacial score (nSPS) is 10.3. The third-order valence-corrected chi connectivity index (χ3v) is 1.73. The first-order valence-electron chi connectivity index (χ1n) is 4.23. The molecule has 0 saturated carbocycles. The second-order valence-corrected chi connectivity index (χ2v) is 2.83. The summed E-state index contributed by atoms with van der Waals surface area (Å²) in [4.78, 5) is 9.64. The molecule has 0 amide bonds. The smallest absolute Gasteiger partial charge is 0.387 e. The van der Waals surface area contributed by atoms with E-state index in [1.54, 1.807) is 0 Å². The van der Waals surface area contributed by atoms with Gasteiger partial charge in [-0.2, -0.15) is 8.78 Å². The number of halogens is 2. The summed E-state index contributed by atoms with van der Waals surface area (Å²) < 4.78 is 27.7. The molecule has 1 aromatic rings. The van der Waals surface area contributed by atoms with Crippen LogP contribution in [0.4, 0.5) is 8.78 Å². The van der Waals surface area contributed by atoms with Gasteiger partial charge in [-0.1, -0.05) is 12.1 Å². The van der Waals surface area contributed by atoms with E-state index in [4.69, 9.17) is 0 Å². The quantitative estimate of drug-likeness (QED) is 0.560. The van der Waals surface area contributed by atoms with E-state index in [2.05, 4.69) is 4.74 Å². The maximum absolute atomic E-state index is 11.8. The molecule has 6 heteroatoms. The fraction of sp³-hybridized carbons (Fsp3) is 0.333. The number of ether oxygens (including phenoxy) is 1. The molecule has 0 fully saturated rings. The molecule has 0 atom stereocenters. The zero-order chi connectivity index (χ0) is 11.3. The largest absolute Gasteiger partial charge is 0.435 e. The standard InChI is InChI=1S/C9H9F2NO3/c10-9(11)15-8-3-1-7(2-4-8)5-6-12(13)14/h1-4,9H,5-6H2. The highest BCUT2D eigenvalue weighted by atomic mass is 19.3. The molecule has 1 rings (SSSR count). The summed E-state index contributed by atoms with van der Waals surface area (Å²) in [7, 11) is 0.